The molecule has 1 aromatic carbocycles. The van der Waals surface area contributed by atoms with Gasteiger partial charge < -0.3 is 15.7 Å². The largest absolute Gasteiger partial charge is 0.480 e. The molecule has 3 N–H and O–H groups in total. The Kier molecular flexibility index (Phi) is 4.73. The molecule has 0 saturated carbocycles. The van der Waals surface area contributed by atoms with E-state index in [1.165, 1.54) is 6.92 Å². The highest BCUT2D eigenvalue weighted by Gasteiger charge is 2.29. The molecular weight excluding hydrogens is 228 g/mol. The first-order valence-corrected chi connectivity index (χ1v) is 6.31. The number of rotatable bonds is 6. The first-order chi connectivity index (χ1) is 8.43. The molecule has 1 rings (SSSR count). The molecule has 18 heavy (non-hydrogen) atoms. The SMILES string of the molecule is CCCN(CC)c1ccc(C(C)(N)C(=O)O)cc1. The topological polar surface area (TPSA) is 66.6 Å². The Morgan fingerprint density at radius 3 is 2.28 bits per heavy atom. The molecule has 0 bridgehead atoms. The molecule has 0 aliphatic carbocycles. The van der Waals surface area contributed by atoms with Gasteiger partial charge >= 0.3 is 5.97 Å². The molecule has 0 radical (unpaired) electrons. The van der Waals surface area contributed by atoms with Crippen LogP contribution in [0.1, 0.15) is 32.8 Å². The van der Waals surface area contributed by atoms with Crippen LogP contribution in [0.25, 0.3) is 0 Å². The van der Waals surface area contributed by atoms with E-state index in [0.29, 0.717) is 5.56 Å². The van der Waals surface area contributed by atoms with Gasteiger partial charge in [0.1, 0.15) is 5.54 Å². The lowest BCUT2D eigenvalue weighted by atomic mass is 9.93. The van der Waals surface area contributed by atoms with E-state index in [9.17, 15) is 4.79 Å². The maximum atomic E-state index is 11.1. The van der Waals surface area contributed by atoms with Crippen molar-refractivity contribution in [3.63, 3.8) is 0 Å². The van der Waals surface area contributed by atoms with Crippen molar-refractivity contribution >= 4 is 11.7 Å². The molecule has 1 unspecified atom stereocenters. The Morgan fingerprint density at radius 2 is 1.89 bits per heavy atom. The van der Waals surface area contributed by atoms with Crippen LogP contribution in [-0.2, 0) is 10.3 Å². The van der Waals surface area contributed by atoms with Crippen LogP contribution in [0.2, 0.25) is 0 Å². The number of carbonyl (C=O) groups is 1. The number of nitrogens with zero attached hydrogens (tertiary/aromatic N) is 1. The van der Waals surface area contributed by atoms with Gasteiger partial charge in [0.05, 0.1) is 0 Å². The number of hydrogen-bond donors (Lipinski definition) is 2. The van der Waals surface area contributed by atoms with Gasteiger partial charge in [-0.3, -0.25) is 0 Å². The summed E-state index contributed by atoms with van der Waals surface area (Å²) < 4.78 is 0. The van der Waals surface area contributed by atoms with Gasteiger partial charge in [-0.2, -0.15) is 0 Å². The Morgan fingerprint density at radius 1 is 1.33 bits per heavy atom. The summed E-state index contributed by atoms with van der Waals surface area (Å²) in [4.78, 5) is 13.3. The van der Waals surface area contributed by atoms with Crippen LogP contribution in [0.5, 0.6) is 0 Å². The minimum absolute atomic E-state index is 0.617. The van der Waals surface area contributed by atoms with E-state index in [1.54, 1.807) is 12.1 Å². The van der Waals surface area contributed by atoms with Crippen molar-refractivity contribution in [3.8, 4) is 0 Å². The van der Waals surface area contributed by atoms with Crippen LogP contribution in [0, 0.1) is 0 Å². The molecule has 0 fully saturated rings. The molecule has 0 amide bonds. The Balaban J connectivity index is 2.95. The quantitative estimate of drug-likeness (QED) is 0.812. The summed E-state index contributed by atoms with van der Waals surface area (Å²) in [5.41, 5.74) is 6.17. The predicted molar refractivity (Wildman–Crippen MR) is 73.8 cm³/mol. The molecule has 1 atom stereocenters. The average Bonchev–Trinajstić information content (AvgIpc) is 2.36. The van der Waals surface area contributed by atoms with Crippen molar-refractivity contribution in [1.29, 1.82) is 0 Å². The minimum Gasteiger partial charge on any atom is -0.480 e. The summed E-state index contributed by atoms with van der Waals surface area (Å²) in [5, 5.41) is 9.07. The van der Waals surface area contributed by atoms with Gasteiger partial charge in [0.25, 0.3) is 0 Å². The number of benzene rings is 1. The van der Waals surface area contributed by atoms with E-state index in [1.807, 2.05) is 12.1 Å². The third-order valence-corrected chi connectivity index (χ3v) is 3.15. The second kappa shape index (κ2) is 5.87. The predicted octanol–water partition coefficient (Wildman–Crippen LogP) is 2.18. The monoisotopic (exact) mass is 250 g/mol. The minimum atomic E-state index is -1.33. The molecule has 0 spiro atoms. The smallest absolute Gasteiger partial charge is 0.328 e. The highest BCUT2D eigenvalue weighted by atomic mass is 16.4. The normalized spacial score (nSPS) is 14.0. The van der Waals surface area contributed by atoms with Crippen molar-refractivity contribution < 1.29 is 9.90 Å². The van der Waals surface area contributed by atoms with Gasteiger partial charge in [-0.25, -0.2) is 4.79 Å². The third-order valence-electron chi connectivity index (χ3n) is 3.15. The fraction of sp³-hybridized carbons (Fsp3) is 0.500. The summed E-state index contributed by atoms with van der Waals surface area (Å²) in [5.74, 6) is -1.02. The zero-order chi connectivity index (χ0) is 13.8. The van der Waals surface area contributed by atoms with Crippen LogP contribution in [0.4, 0.5) is 5.69 Å². The summed E-state index contributed by atoms with van der Waals surface area (Å²) >= 11 is 0. The molecule has 0 aliphatic rings. The van der Waals surface area contributed by atoms with Gasteiger partial charge in [0.2, 0.25) is 0 Å². The van der Waals surface area contributed by atoms with E-state index >= 15 is 0 Å². The van der Waals surface area contributed by atoms with Gasteiger partial charge in [-0.1, -0.05) is 19.1 Å². The Labute approximate surface area is 108 Å². The molecule has 0 aliphatic heterocycles. The molecule has 0 aromatic heterocycles. The maximum absolute atomic E-state index is 11.1. The van der Waals surface area contributed by atoms with Crippen molar-refractivity contribution in [2.75, 3.05) is 18.0 Å². The van der Waals surface area contributed by atoms with E-state index in [2.05, 4.69) is 18.7 Å². The van der Waals surface area contributed by atoms with Gasteiger partial charge in [-0.05, 0) is 38.0 Å². The number of nitrogens with two attached hydrogens (primary N) is 1. The second-order valence-corrected chi connectivity index (χ2v) is 4.63. The Bertz CT molecular complexity index is 399. The van der Waals surface area contributed by atoms with Gasteiger partial charge in [0, 0.05) is 18.8 Å². The van der Waals surface area contributed by atoms with Crippen molar-refractivity contribution in [3.05, 3.63) is 29.8 Å². The second-order valence-electron chi connectivity index (χ2n) is 4.63. The van der Waals surface area contributed by atoms with Crippen molar-refractivity contribution in [2.45, 2.75) is 32.7 Å². The zero-order valence-electron chi connectivity index (χ0n) is 11.3. The standard InChI is InChI=1S/C14H22N2O2/c1-4-10-16(5-2)12-8-6-11(7-9-12)14(3,15)13(17)18/h6-9H,4-5,10,15H2,1-3H3,(H,17,18). The average molecular weight is 250 g/mol. The lowest BCUT2D eigenvalue weighted by molar-refractivity contribution is -0.143. The highest BCUT2D eigenvalue weighted by molar-refractivity contribution is 5.80. The lowest BCUT2D eigenvalue weighted by Crippen LogP contribution is -2.41. The lowest BCUT2D eigenvalue weighted by Gasteiger charge is -2.24. The fourth-order valence-corrected chi connectivity index (χ4v) is 1.88. The first kappa shape index (κ1) is 14.5. The van der Waals surface area contributed by atoms with E-state index < -0.39 is 11.5 Å². The number of anilines is 1. The first-order valence-electron chi connectivity index (χ1n) is 6.31. The molecule has 1 aromatic rings. The third kappa shape index (κ3) is 3.01. The number of carboxylic acids is 1. The number of carboxylic acid groups (broad SMARTS) is 1. The summed E-state index contributed by atoms with van der Waals surface area (Å²) in [6, 6.07) is 7.45. The number of hydrogen-bond acceptors (Lipinski definition) is 3. The van der Waals surface area contributed by atoms with Crippen LogP contribution < -0.4 is 10.6 Å². The van der Waals surface area contributed by atoms with E-state index in [0.717, 1.165) is 25.2 Å². The van der Waals surface area contributed by atoms with Crippen LogP contribution >= 0.6 is 0 Å². The Hall–Kier alpha value is -1.55. The van der Waals surface area contributed by atoms with E-state index in [-0.39, 0.29) is 0 Å². The fourth-order valence-electron chi connectivity index (χ4n) is 1.88. The van der Waals surface area contributed by atoms with Gasteiger partial charge in [0.15, 0.2) is 0 Å². The summed E-state index contributed by atoms with van der Waals surface area (Å²) in [6.45, 7) is 7.68. The van der Waals surface area contributed by atoms with Gasteiger partial charge in [-0.15, -0.1) is 0 Å². The van der Waals surface area contributed by atoms with Crippen LogP contribution in [0.15, 0.2) is 24.3 Å². The van der Waals surface area contributed by atoms with Crippen LogP contribution in [-0.4, -0.2) is 24.2 Å². The van der Waals surface area contributed by atoms with Crippen molar-refractivity contribution in [1.82, 2.24) is 0 Å². The summed E-state index contributed by atoms with van der Waals surface area (Å²) in [7, 11) is 0. The molecule has 100 valence electrons. The molecule has 0 heterocycles. The molecule has 4 nitrogen and oxygen atoms in total. The van der Waals surface area contributed by atoms with E-state index in [4.69, 9.17) is 10.8 Å². The number of aliphatic carboxylic acids is 1. The highest BCUT2D eigenvalue weighted by Crippen LogP contribution is 2.22. The van der Waals surface area contributed by atoms with Crippen LogP contribution in [0.3, 0.4) is 0 Å². The summed E-state index contributed by atoms with van der Waals surface area (Å²) in [6.07, 6.45) is 1.08. The maximum Gasteiger partial charge on any atom is 0.328 e. The molecule has 4 heteroatoms. The zero-order valence-corrected chi connectivity index (χ0v) is 11.3. The molecule has 0 saturated heterocycles. The molecular formula is C14H22N2O2. The van der Waals surface area contributed by atoms with Crippen molar-refractivity contribution in [2.24, 2.45) is 5.73 Å².